The van der Waals surface area contributed by atoms with E-state index in [1.165, 1.54) is 0 Å². The van der Waals surface area contributed by atoms with E-state index >= 15 is 0 Å². The number of methoxy groups -OCH3 is 1. The summed E-state index contributed by atoms with van der Waals surface area (Å²) >= 11 is 0. The molecule has 3 nitrogen and oxygen atoms in total. The molecule has 1 aromatic carbocycles. The van der Waals surface area contributed by atoms with E-state index in [0.29, 0.717) is 5.92 Å². The van der Waals surface area contributed by atoms with Crippen LogP contribution < -0.4 is 15.2 Å². The molecular weight excluding hydrogens is 238 g/mol. The van der Waals surface area contributed by atoms with Crippen molar-refractivity contribution in [1.29, 1.82) is 0 Å². The average Bonchev–Trinajstić information content (AvgIpc) is 2.39. The van der Waals surface area contributed by atoms with Gasteiger partial charge in [0.05, 0.1) is 13.7 Å². The molecule has 0 aliphatic heterocycles. The maximum absolute atomic E-state index is 6.05. The predicted molar refractivity (Wildman–Crippen MR) is 79.9 cm³/mol. The van der Waals surface area contributed by atoms with Gasteiger partial charge in [0.25, 0.3) is 0 Å². The van der Waals surface area contributed by atoms with Crippen LogP contribution in [0, 0.1) is 5.92 Å². The highest BCUT2D eigenvalue weighted by atomic mass is 16.5. The Morgan fingerprint density at radius 3 is 2.58 bits per heavy atom. The van der Waals surface area contributed by atoms with Crippen molar-refractivity contribution in [3.8, 4) is 11.5 Å². The molecule has 0 bridgehead atoms. The number of nitrogens with two attached hydrogens (primary N) is 1. The topological polar surface area (TPSA) is 44.5 Å². The van der Waals surface area contributed by atoms with Gasteiger partial charge in [-0.3, -0.25) is 0 Å². The lowest BCUT2D eigenvalue weighted by atomic mass is 10.0. The fourth-order valence-electron chi connectivity index (χ4n) is 1.81. The first kappa shape index (κ1) is 15.8. The first-order chi connectivity index (χ1) is 9.06. The lowest BCUT2D eigenvalue weighted by molar-refractivity contribution is 0.285. The fourth-order valence-corrected chi connectivity index (χ4v) is 1.81. The van der Waals surface area contributed by atoms with Gasteiger partial charge in [-0.05, 0) is 48.9 Å². The largest absolute Gasteiger partial charge is 0.497 e. The Bertz CT molecular complexity index is 377. The molecule has 19 heavy (non-hydrogen) atoms. The summed E-state index contributed by atoms with van der Waals surface area (Å²) < 4.78 is 11.2. The van der Waals surface area contributed by atoms with Crippen LogP contribution in [0.1, 0.15) is 39.2 Å². The summed E-state index contributed by atoms with van der Waals surface area (Å²) in [6.07, 6.45) is 2.85. The van der Waals surface area contributed by atoms with E-state index in [-0.39, 0.29) is 6.04 Å². The maximum atomic E-state index is 6.05. The predicted octanol–water partition coefficient (Wildman–Crippen LogP) is 3.40. The fraction of sp³-hybridized carbons (Fsp3) is 0.625. The average molecular weight is 265 g/mol. The minimum atomic E-state index is 0.166. The van der Waals surface area contributed by atoms with E-state index in [1.54, 1.807) is 7.11 Å². The number of benzene rings is 1. The highest BCUT2D eigenvalue weighted by Crippen LogP contribution is 2.26. The smallest absolute Gasteiger partial charge is 0.122 e. The standard InChI is InChI=1S/C16H27NO2/c1-5-14(17)10-13-11-15(18-4)6-7-16(13)19-9-8-12(2)3/h6-7,11-12,14H,5,8-10,17H2,1-4H3. The Hall–Kier alpha value is -1.22. The van der Waals surface area contributed by atoms with Gasteiger partial charge in [0.1, 0.15) is 11.5 Å². The summed E-state index contributed by atoms with van der Waals surface area (Å²) in [5.41, 5.74) is 7.18. The SMILES string of the molecule is CCC(N)Cc1cc(OC)ccc1OCCC(C)C. The molecule has 108 valence electrons. The van der Waals surface area contributed by atoms with Gasteiger partial charge in [0, 0.05) is 6.04 Å². The van der Waals surface area contributed by atoms with Crippen LogP contribution >= 0.6 is 0 Å². The Morgan fingerprint density at radius 1 is 1.26 bits per heavy atom. The maximum Gasteiger partial charge on any atom is 0.122 e. The summed E-state index contributed by atoms with van der Waals surface area (Å²) in [7, 11) is 1.68. The summed E-state index contributed by atoms with van der Waals surface area (Å²) in [6, 6.07) is 6.11. The van der Waals surface area contributed by atoms with Crippen LogP contribution in [0.15, 0.2) is 18.2 Å². The zero-order valence-corrected chi connectivity index (χ0v) is 12.6. The van der Waals surface area contributed by atoms with Crippen LogP contribution in [-0.4, -0.2) is 19.8 Å². The molecule has 0 saturated heterocycles. The molecule has 0 spiro atoms. The van der Waals surface area contributed by atoms with Crippen LogP contribution in [0.5, 0.6) is 11.5 Å². The van der Waals surface area contributed by atoms with Gasteiger partial charge in [-0.2, -0.15) is 0 Å². The van der Waals surface area contributed by atoms with Crippen molar-refractivity contribution in [1.82, 2.24) is 0 Å². The van der Waals surface area contributed by atoms with Crippen molar-refractivity contribution < 1.29 is 9.47 Å². The molecule has 0 aromatic heterocycles. The third kappa shape index (κ3) is 5.52. The van der Waals surface area contributed by atoms with E-state index in [4.69, 9.17) is 15.2 Å². The molecule has 0 aliphatic rings. The highest BCUT2D eigenvalue weighted by molar-refractivity contribution is 5.40. The lowest BCUT2D eigenvalue weighted by Gasteiger charge is -2.16. The Morgan fingerprint density at radius 2 is 2.00 bits per heavy atom. The molecule has 1 atom stereocenters. The number of hydrogen-bond acceptors (Lipinski definition) is 3. The molecule has 3 heteroatoms. The van der Waals surface area contributed by atoms with E-state index < -0.39 is 0 Å². The van der Waals surface area contributed by atoms with Crippen molar-refractivity contribution >= 4 is 0 Å². The van der Waals surface area contributed by atoms with Crippen LogP contribution in [0.3, 0.4) is 0 Å². The summed E-state index contributed by atoms with van der Waals surface area (Å²) in [4.78, 5) is 0. The van der Waals surface area contributed by atoms with Gasteiger partial charge in [0.2, 0.25) is 0 Å². The normalized spacial score (nSPS) is 12.5. The van der Waals surface area contributed by atoms with Crippen LogP contribution in [0.2, 0.25) is 0 Å². The summed E-state index contributed by atoms with van der Waals surface area (Å²) in [5.74, 6) is 2.44. The number of ether oxygens (including phenoxy) is 2. The second kappa shape index (κ2) is 8.05. The Labute approximate surface area is 117 Å². The molecule has 0 fully saturated rings. The monoisotopic (exact) mass is 265 g/mol. The van der Waals surface area contributed by atoms with E-state index in [9.17, 15) is 0 Å². The van der Waals surface area contributed by atoms with Crippen LogP contribution in [0.25, 0.3) is 0 Å². The molecule has 1 aromatic rings. The molecule has 0 heterocycles. The first-order valence-electron chi connectivity index (χ1n) is 7.12. The summed E-state index contributed by atoms with van der Waals surface area (Å²) in [5, 5.41) is 0. The van der Waals surface area contributed by atoms with Gasteiger partial charge >= 0.3 is 0 Å². The van der Waals surface area contributed by atoms with Gasteiger partial charge in [-0.15, -0.1) is 0 Å². The summed E-state index contributed by atoms with van der Waals surface area (Å²) in [6.45, 7) is 7.25. The van der Waals surface area contributed by atoms with Crippen molar-refractivity contribution in [2.45, 2.75) is 46.1 Å². The van der Waals surface area contributed by atoms with Crippen molar-refractivity contribution in [3.63, 3.8) is 0 Å². The molecule has 0 saturated carbocycles. The lowest BCUT2D eigenvalue weighted by Crippen LogP contribution is -2.21. The van der Waals surface area contributed by atoms with Crippen molar-refractivity contribution in [2.24, 2.45) is 11.7 Å². The van der Waals surface area contributed by atoms with E-state index in [1.807, 2.05) is 18.2 Å². The third-order valence-corrected chi connectivity index (χ3v) is 3.23. The third-order valence-electron chi connectivity index (χ3n) is 3.23. The minimum absolute atomic E-state index is 0.166. The number of hydrogen-bond donors (Lipinski definition) is 1. The highest BCUT2D eigenvalue weighted by Gasteiger charge is 2.10. The van der Waals surface area contributed by atoms with Gasteiger partial charge in [-0.25, -0.2) is 0 Å². The van der Waals surface area contributed by atoms with E-state index in [2.05, 4.69) is 20.8 Å². The Balaban J connectivity index is 2.76. The van der Waals surface area contributed by atoms with E-state index in [0.717, 1.165) is 42.9 Å². The quantitative estimate of drug-likeness (QED) is 0.783. The van der Waals surface area contributed by atoms with Gasteiger partial charge < -0.3 is 15.2 Å². The van der Waals surface area contributed by atoms with Crippen LogP contribution in [-0.2, 0) is 6.42 Å². The van der Waals surface area contributed by atoms with Crippen molar-refractivity contribution in [3.05, 3.63) is 23.8 Å². The molecule has 1 rings (SSSR count). The van der Waals surface area contributed by atoms with Crippen LogP contribution in [0.4, 0.5) is 0 Å². The molecular formula is C16H27NO2. The Kier molecular flexibility index (Phi) is 6.71. The molecule has 0 amide bonds. The molecule has 0 aliphatic carbocycles. The molecule has 2 N–H and O–H groups in total. The second-order valence-corrected chi connectivity index (χ2v) is 5.38. The zero-order chi connectivity index (χ0) is 14.3. The minimum Gasteiger partial charge on any atom is -0.497 e. The zero-order valence-electron chi connectivity index (χ0n) is 12.6. The first-order valence-corrected chi connectivity index (χ1v) is 7.12. The van der Waals surface area contributed by atoms with Gasteiger partial charge in [-0.1, -0.05) is 20.8 Å². The number of rotatable bonds is 8. The molecule has 1 unspecified atom stereocenters. The molecule has 0 radical (unpaired) electrons. The van der Waals surface area contributed by atoms with Gasteiger partial charge in [0.15, 0.2) is 0 Å². The van der Waals surface area contributed by atoms with Crippen molar-refractivity contribution in [2.75, 3.05) is 13.7 Å². The second-order valence-electron chi connectivity index (χ2n) is 5.38.